The van der Waals surface area contributed by atoms with Crippen LogP contribution in [0.2, 0.25) is 0 Å². The van der Waals surface area contributed by atoms with Crippen LogP contribution in [0.15, 0.2) is 66.3 Å². The van der Waals surface area contributed by atoms with E-state index in [1.54, 1.807) is 34.7 Å². The molecule has 1 aromatic carbocycles. The summed E-state index contributed by atoms with van der Waals surface area (Å²) in [5.41, 5.74) is 1.74. The van der Waals surface area contributed by atoms with Gasteiger partial charge in [0, 0.05) is 36.3 Å². The Morgan fingerprint density at radius 2 is 1.96 bits per heavy atom. The molecule has 5 heteroatoms. The molecule has 0 fully saturated rings. The highest BCUT2D eigenvalue weighted by Crippen LogP contribution is 2.19. The van der Waals surface area contributed by atoms with Crippen molar-refractivity contribution in [1.29, 1.82) is 0 Å². The first-order valence-electron chi connectivity index (χ1n) is 8.56. The molecule has 3 aromatic rings. The van der Waals surface area contributed by atoms with Crippen LogP contribution in [0.4, 0.5) is 4.39 Å². The number of carbonyl (C=O) groups excluding carboxylic acids is 1. The number of pyridine rings is 1. The third kappa shape index (κ3) is 4.99. The Kier molecular flexibility index (Phi) is 6.12. The van der Waals surface area contributed by atoms with Gasteiger partial charge >= 0.3 is 0 Å². The average molecular weight is 368 g/mol. The van der Waals surface area contributed by atoms with Crippen LogP contribution < -0.4 is 0 Å². The third-order valence-corrected chi connectivity index (χ3v) is 5.08. The van der Waals surface area contributed by atoms with E-state index in [9.17, 15) is 9.18 Å². The fraction of sp³-hybridized carbons (Fsp3) is 0.238. The Bertz CT molecular complexity index is 836. The van der Waals surface area contributed by atoms with Crippen molar-refractivity contribution in [3.8, 4) is 0 Å². The molecule has 0 saturated carbocycles. The molecule has 0 saturated heterocycles. The van der Waals surface area contributed by atoms with Gasteiger partial charge in [0.05, 0.1) is 0 Å². The summed E-state index contributed by atoms with van der Waals surface area (Å²) in [5, 5.41) is 2.02. The maximum Gasteiger partial charge on any atom is 0.226 e. The van der Waals surface area contributed by atoms with Crippen molar-refractivity contribution in [3.63, 3.8) is 0 Å². The molecular formula is C21H21FN2OS. The number of hydrogen-bond acceptors (Lipinski definition) is 3. The van der Waals surface area contributed by atoms with Crippen molar-refractivity contribution in [2.75, 3.05) is 0 Å². The normalized spacial score (nSPS) is 11.9. The number of nitrogens with zero attached hydrogens (tertiary/aromatic N) is 2. The fourth-order valence-electron chi connectivity index (χ4n) is 2.91. The number of halogens is 1. The third-order valence-electron chi connectivity index (χ3n) is 4.18. The number of amides is 1. The van der Waals surface area contributed by atoms with E-state index in [0.717, 1.165) is 11.1 Å². The second-order valence-corrected chi connectivity index (χ2v) is 7.40. The van der Waals surface area contributed by atoms with E-state index >= 15 is 0 Å². The lowest BCUT2D eigenvalue weighted by Gasteiger charge is -2.26. The zero-order valence-corrected chi connectivity index (χ0v) is 15.5. The van der Waals surface area contributed by atoms with Crippen molar-refractivity contribution in [2.45, 2.75) is 26.4 Å². The molecule has 0 spiro atoms. The van der Waals surface area contributed by atoms with Gasteiger partial charge in [-0.3, -0.25) is 9.78 Å². The highest BCUT2D eigenvalue weighted by molar-refractivity contribution is 7.09. The van der Waals surface area contributed by atoms with Gasteiger partial charge in [-0.15, -0.1) is 11.3 Å². The molecule has 0 radical (unpaired) electrons. The minimum atomic E-state index is -0.289. The Morgan fingerprint density at radius 3 is 2.65 bits per heavy atom. The number of hydrogen-bond donors (Lipinski definition) is 0. The van der Waals surface area contributed by atoms with Gasteiger partial charge in [0.15, 0.2) is 0 Å². The van der Waals surface area contributed by atoms with Crippen molar-refractivity contribution >= 4 is 17.2 Å². The molecule has 3 rings (SSSR count). The van der Waals surface area contributed by atoms with Gasteiger partial charge in [0.2, 0.25) is 5.91 Å². The molecule has 3 nitrogen and oxygen atoms in total. The Balaban J connectivity index is 1.77. The summed E-state index contributed by atoms with van der Waals surface area (Å²) in [6, 6.07) is 14.3. The van der Waals surface area contributed by atoms with Crippen LogP contribution >= 0.6 is 11.3 Å². The molecule has 1 unspecified atom stereocenters. The van der Waals surface area contributed by atoms with Crippen molar-refractivity contribution in [2.24, 2.45) is 5.92 Å². The van der Waals surface area contributed by atoms with Crippen LogP contribution in [0.1, 0.15) is 22.9 Å². The SMILES string of the molecule is CC(Cc1cccs1)C(=O)N(Cc1cccnc1)Cc1cccc(F)c1. The van der Waals surface area contributed by atoms with Crippen LogP contribution in [0.5, 0.6) is 0 Å². The number of carbonyl (C=O) groups is 1. The Hall–Kier alpha value is -2.53. The molecule has 2 heterocycles. The molecule has 134 valence electrons. The maximum absolute atomic E-state index is 13.5. The Labute approximate surface area is 157 Å². The van der Waals surface area contributed by atoms with Gasteiger partial charge in [0.25, 0.3) is 0 Å². The minimum absolute atomic E-state index is 0.0616. The second kappa shape index (κ2) is 8.72. The molecule has 0 aliphatic heterocycles. The summed E-state index contributed by atoms with van der Waals surface area (Å²) < 4.78 is 13.5. The smallest absolute Gasteiger partial charge is 0.226 e. The van der Waals surface area contributed by atoms with E-state index in [1.807, 2.05) is 42.6 Å². The summed E-state index contributed by atoms with van der Waals surface area (Å²) in [7, 11) is 0. The maximum atomic E-state index is 13.5. The van der Waals surface area contributed by atoms with Crippen LogP contribution in [0.25, 0.3) is 0 Å². The molecule has 2 aromatic heterocycles. The molecule has 0 aliphatic carbocycles. The van der Waals surface area contributed by atoms with E-state index in [-0.39, 0.29) is 17.6 Å². The van der Waals surface area contributed by atoms with Crippen LogP contribution in [0.3, 0.4) is 0 Å². The van der Waals surface area contributed by atoms with Crippen molar-refractivity contribution in [1.82, 2.24) is 9.88 Å². The van der Waals surface area contributed by atoms with E-state index < -0.39 is 0 Å². The molecular weight excluding hydrogens is 347 g/mol. The van der Waals surface area contributed by atoms with Crippen LogP contribution in [-0.4, -0.2) is 15.8 Å². The van der Waals surface area contributed by atoms with E-state index in [2.05, 4.69) is 4.98 Å². The van der Waals surface area contributed by atoms with Gasteiger partial charge in [-0.05, 0) is 47.2 Å². The van der Waals surface area contributed by atoms with Gasteiger partial charge in [-0.1, -0.05) is 31.2 Å². The quantitative estimate of drug-likeness (QED) is 0.606. The largest absolute Gasteiger partial charge is 0.334 e. The molecule has 0 bridgehead atoms. The summed E-state index contributed by atoms with van der Waals surface area (Å²) in [5.74, 6) is -0.367. The van der Waals surface area contributed by atoms with Crippen LogP contribution in [-0.2, 0) is 24.3 Å². The summed E-state index contributed by atoms with van der Waals surface area (Å²) >= 11 is 1.66. The van der Waals surface area contributed by atoms with E-state index in [4.69, 9.17) is 0 Å². The number of aromatic nitrogens is 1. The first-order valence-corrected chi connectivity index (χ1v) is 9.44. The van der Waals surface area contributed by atoms with Gasteiger partial charge < -0.3 is 4.90 Å². The first-order chi connectivity index (χ1) is 12.6. The number of rotatable bonds is 7. The highest BCUT2D eigenvalue weighted by Gasteiger charge is 2.22. The van der Waals surface area contributed by atoms with Gasteiger partial charge in [-0.25, -0.2) is 4.39 Å². The molecule has 26 heavy (non-hydrogen) atoms. The monoisotopic (exact) mass is 368 g/mol. The minimum Gasteiger partial charge on any atom is -0.334 e. The molecule has 1 amide bonds. The number of thiophene rings is 1. The predicted octanol–water partition coefficient (Wildman–Crippen LogP) is 4.69. The van der Waals surface area contributed by atoms with E-state index in [1.165, 1.54) is 17.0 Å². The number of benzene rings is 1. The fourth-order valence-corrected chi connectivity index (χ4v) is 3.74. The first kappa shape index (κ1) is 18.3. The lowest BCUT2D eigenvalue weighted by atomic mass is 10.0. The predicted molar refractivity (Wildman–Crippen MR) is 102 cm³/mol. The summed E-state index contributed by atoms with van der Waals surface area (Å²) in [6.07, 6.45) is 4.18. The van der Waals surface area contributed by atoms with Crippen LogP contribution in [0, 0.1) is 11.7 Å². The lowest BCUT2D eigenvalue weighted by molar-refractivity contribution is -0.136. The molecule has 0 N–H and O–H groups in total. The second-order valence-electron chi connectivity index (χ2n) is 6.37. The van der Waals surface area contributed by atoms with Gasteiger partial charge in [0.1, 0.15) is 5.82 Å². The lowest BCUT2D eigenvalue weighted by Crippen LogP contribution is -2.35. The summed E-state index contributed by atoms with van der Waals surface area (Å²) in [4.78, 5) is 20.2. The zero-order chi connectivity index (χ0) is 18.4. The average Bonchev–Trinajstić information content (AvgIpc) is 3.14. The zero-order valence-electron chi connectivity index (χ0n) is 14.6. The molecule has 1 atom stereocenters. The van der Waals surface area contributed by atoms with Gasteiger partial charge in [-0.2, -0.15) is 0 Å². The standard InChI is InChI=1S/C21H21FN2OS/c1-16(11-20-8-4-10-26-20)21(25)24(15-18-6-3-9-23-13-18)14-17-5-2-7-19(22)12-17/h2-10,12-13,16H,11,14-15H2,1H3. The highest BCUT2D eigenvalue weighted by atomic mass is 32.1. The van der Waals surface area contributed by atoms with Crippen molar-refractivity contribution in [3.05, 3.63) is 88.1 Å². The van der Waals surface area contributed by atoms with Crippen molar-refractivity contribution < 1.29 is 9.18 Å². The topological polar surface area (TPSA) is 33.2 Å². The van der Waals surface area contributed by atoms with E-state index in [0.29, 0.717) is 19.5 Å². The Morgan fingerprint density at radius 1 is 1.15 bits per heavy atom. The molecule has 0 aliphatic rings. The summed E-state index contributed by atoms with van der Waals surface area (Å²) in [6.45, 7) is 2.78.